The standard InChI is InChI=1S/C14H16O2/c1-16-13-8-4-3-7-12(13)14(11-15)9-5-2-6-10-14/h2-9,15H,10-11H2,1H3. The molecule has 0 saturated heterocycles. The zero-order chi connectivity index (χ0) is 11.4. The molecule has 0 fully saturated rings. The van der Waals surface area contributed by atoms with E-state index >= 15 is 0 Å². The van der Waals surface area contributed by atoms with Crippen molar-refractivity contribution in [3.63, 3.8) is 0 Å². The zero-order valence-electron chi connectivity index (χ0n) is 9.39. The minimum absolute atomic E-state index is 0.0915. The van der Waals surface area contributed by atoms with E-state index in [4.69, 9.17) is 4.74 Å². The lowest BCUT2D eigenvalue weighted by Crippen LogP contribution is -2.29. The summed E-state index contributed by atoms with van der Waals surface area (Å²) in [6, 6.07) is 7.86. The Morgan fingerprint density at radius 2 is 2.12 bits per heavy atom. The first-order valence-electron chi connectivity index (χ1n) is 5.41. The minimum Gasteiger partial charge on any atom is -0.496 e. The summed E-state index contributed by atoms with van der Waals surface area (Å²) in [4.78, 5) is 0. The van der Waals surface area contributed by atoms with E-state index in [1.54, 1.807) is 7.11 Å². The fourth-order valence-electron chi connectivity index (χ4n) is 2.12. The third-order valence-electron chi connectivity index (χ3n) is 3.07. The molecule has 0 heterocycles. The molecule has 0 amide bonds. The van der Waals surface area contributed by atoms with Crippen LogP contribution < -0.4 is 4.74 Å². The number of rotatable bonds is 3. The van der Waals surface area contributed by atoms with E-state index in [0.29, 0.717) is 0 Å². The molecule has 0 aliphatic heterocycles. The molecule has 1 N–H and O–H groups in total. The van der Waals surface area contributed by atoms with E-state index in [9.17, 15) is 5.11 Å². The third kappa shape index (κ3) is 1.76. The molecule has 1 aliphatic rings. The number of allylic oxidation sites excluding steroid dienone is 3. The summed E-state index contributed by atoms with van der Waals surface area (Å²) in [6.45, 7) is 0.0915. The van der Waals surface area contributed by atoms with E-state index in [1.165, 1.54) is 0 Å². The maximum Gasteiger partial charge on any atom is 0.123 e. The summed E-state index contributed by atoms with van der Waals surface area (Å²) in [5, 5.41) is 9.67. The van der Waals surface area contributed by atoms with Gasteiger partial charge in [0.25, 0.3) is 0 Å². The van der Waals surface area contributed by atoms with E-state index in [2.05, 4.69) is 6.08 Å². The minimum atomic E-state index is -0.332. The second-order valence-electron chi connectivity index (χ2n) is 4.01. The molecule has 0 aromatic heterocycles. The van der Waals surface area contributed by atoms with Crippen LogP contribution in [0.25, 0.3) is 0 Å². The average Bonchev–Trinajstić information content (AvgIpc) is 2.39. The molecule has 1 unspecified atom stereocenters. The summed E-state index contributed by atoms with van der Waals surface area (Å²) in [6.07, 6.45) is 8.91. The molecule has 0 bridgehead atoms. The normalized spacial score (nSPS) is 23.4. The number of hydrogen-bond donors (Lipinski definition) is 1. The summed E-state index contributed by atoms with van der Waals surface area (Å²) in [5.41, 5.74) is 0.710. The Morgan fingerprint density at radius 1 is 1.31 bits per heavy atom. The van der Waals surface area contributed by atoms with Crippen molar-refractivity contribution in [3.05, 3.63) is 54.1 Å². The Bertz CT molecular complexity index is 420. The first kappa shape index (κ1) is 11.0. The molecule has 0 spiro atoms. The SMILES string of the molecule is COc1ccccc1C1(CO)C=CC=CC1. The lowest BCUT2D eigenvalue weighted by molar-refractivity contribution is 0.221. The van der Waals surface area contributed by atoms with Crippen LogP contribution in [-0.2, 0) is 5.41 Å². The molecule has 0 radical (unpaired) electrons. The van der Waals surface area contributed by atoms with E-state index < -0.39 is 0 Å². The highest BCUT2D eigenvalue weighted by molar-refractivity contribution is 5.45. The highest BCUT2D eigenvalue weighted by Gasteiger charge is 2.31. The van der Waals surface area contributed by atoms with Gasteiger partial charge in [-0.1, -0.05) is 42.5 Å². The number of aliphatic hydroxyl groups excluding tert-OH is 1. The van der Waals surface area contributed by atoms with Gasteiger partial charge in [0.15, 0.2) is 0 Å². The molecule has 0 saturated carbocycles. The van der Waals surface area contributed by atoms with Crippen molar-refractivity contribution in [3.8, 4) is 5.75 Å². The molecular weight excluding hydrogens is 200 g/mol. The summed E-state index contributed by atoms with van der Waals surface area (Å²) < 4.78 is 5.36. The number of methoxy groups -OCH3 is 1. The van der Waals surface area contributed by atoms with Crippen LogP contribution in [0.3, 0.4) is 0 Å². The predicted octanol–water partition coefficient (Wildman–Crippen LogP) is 2.44. The molecule has 84 valence electrons. The van der Waals surface area contributed by atoms with Gasteiger partial charge < -0.3 is 9.84 Å². The van der Waals surface area contributed by atoms with Gasteiger partial charge in [0.2, 0.25) is 0 Å². The second kappa shape index (κ2) is 4.54. The second-order valence-corrected chi connectivity index (χ2v) is 4.01. The van der Waals surface area contributed by atoms with Crippen molar-refractivity contribution in [2.24, 2.45) is 0 Å². The van der Waals surface area contributed by atoms with Crippen molar-refractivity contribution < 1.29 is 9.84 Å². The third-order valence-corrected chi connectivity index (χ3v) is 3.07. The Kier molecular flexibility index (Phi) is 3.11. The topological polar surface area (TPSA) is 29.5 Å². The zero-order valence-corrected chi connectivity index (χ0v) is 9.39. The number of benzene rings is 1. The fourth-order valence-corrected chi connectivity index (χ4v) is 2.12. The number of hydrogen-bond acceptors (Lipinski definition) is 2. The first-order chi connectivity index (χ1) is 7.82. The quantitative estimate of drug-likeness (QED) is 0.841. The average molecular weight is 216 g/mol. The summed E-state index contributed by atoms with van der Waals surface area (Å²) in [5.74, 6) is 0.830. The summed E-state index contributed by atoms with van der Waals surface area (Å²) >= 11 is 0. The van der Waals surface area contributed by atoms with Crippen LogP contribution in [0.4, 0.5) is 0 Å². The van der Waals surface area contributed by atoms with Crippen LogP contribution in [0, 0.1) is 0 Å². The van der Waals surface area contributed by atoms with Gasteiger partial charge in [0, 0.05) is 11.0 Å². The van der Waals surface area contributed by atoms with Crippen LogP contribution >= 0.6 is 0 Å². The molecule has 1 atom stereocenters. The van der Waals surface area contributed by atoms with Crippen LogP contribution in [0.1, 0.15) is 12.0 Å². The number of aliphatic hydroxyl groups is 1. The van der Waals surface area contributed by atoms with Gasteiger partial charge >= 0.3 is 0 Å². The molecule has 2 nitrogen and oxygen atoms in total. The van der Waals surface area contributed by atoms with Crippen molar-refractivity contribution in [2.75, 3.05) is 13.7 Å². The van der Waals surface area contributed by atoms with Gasteiger partial charge in [-0.05, 0) is 12.5 Å². The van der Waals surface area contributed by atoms with E-state index in [-0.39, 0.29) is 12.0 Å². The summed E-state index contributed by atoms with van der Waals surface area (Å²) in [7, 11) is 1.66. The lowest BCUT2D eigenvalue weighted by atomic mass is 9.76. The van der Waals surface area contributed by atoms with Crippen LogP contribution in [0.15, 0.2) is 48.6 Å². The Hall–Kier alpha value is -1.54. The van der Waals surface area contributed by atoms with Crippen molar-refractivity contribution >= 4 is 0 Å². The van der Waals surface area contributed by atoms with Crippen molar-refractivity contribution in [1.82, 2.24) is 0 Å². The molecule has 1 aliphatic carbocycles. The van der Waals surface area contributed by atoms with Gasteiger partial charge in [-0.3, -0.25) is 0 Å². The van der Waals surface area contributed by atoms with E-state index in [1.807, 2.05) is 42.5 Å². The van der Waals surface area contributed by atoms with Gasteiger partial charge in [-0.2, -0.15) is 0 Å². The van der Waals surface area contributed by atoms with Gasteiger partial charge in [-0.25, -0.2) is 0 Å². The van der Waals surface area contributed by atoms with Crippen LogP contribution in [-0.4, -0.2) is 18.8 Å². The highest BCUT2D eigenvalue weighted by Crippen LogP contribution is 2.37. The molecule has 1 aromatic rings. The van der Waals surface area contributed by atoms with E-state index in [0.717, 1.165) is 17.7 Å². The maximum absolute atomic E-state index is 9.67. The highest BCUT2D eigenvalue weighted by atomic mass is 16.5. The monoisotopic (exact) mass is 216 g/mol. The Balaban J connectivity index is 2.48. The predicted molar refractivity (Wildman–Crippen MR) is 64.7 cm³/mol. The number of ether oxygens (including phenoxy) is 1. The van der Waals surface area contributed by atoms with Crippen molar-refractivity contribution in [1.29, 1.82) is 0 Å². The Morgan fingerprint density at radius 3 is 2.75 bits per heavy atom. The van der Waals surface area contributed by atoms with Gasteiger partial charge in [0.05, 0.1) is 13.7 Å². The van der Waals surface area contributed by atoms with Crippen LogP contribution in [0.2, 0.25) is 0 Å². The number of para-hydroxylation sites is 1. The maximum atomic E-state index is 9.67. The molecular formula is C14H16O2. The van der Waals surface area contributed by atoms with Crippen molar-refractivity contribution in [2.45, 2.75) is 11.8 Å². The Labute approximate surface area is 95.9 Å². The first-order valence-corrected chi connectivity index (χ1v) is 5.41. The molecule has 2 heteroatoms. The molecule has 1 aromatic carbocycles. The lowest BCUT2D eigenvalue weighted by Gasteiger charge is -2.30. The van der Waals surface area contributed by atoms with Gasteiger partial charge in [-0.15, -0.1) is 0 Å². The van der Waals surface area contributed by atoms with Crippen LogP contribution in [0.5, 0.6) is 5.75 Å². The fraction of sp³-hybridized carbons (Fsp3) is 0.286. The van der Waals surface area contributed by atoms with Gasteiger partial charge in [0.1, 0.15) is 5.75 Å². The smallest absolute Gasteiger partial charge is 0.123 e. The molecule has 2 rings (SSSR count). The molecule has 16 heavy (non-hydrogen) atoms. The largest absolute Gasteiger partial charge is 0.496 e.